The van der Waals surface area contributed by atoms with Crippen molar-refractivity contribution in [2.24, 2.45) is 0 Å². The van der Waals surface area contributed by atoms with Crippen molar-refractivity contribution in [2.75, 3.05) is 48.6 Å². The molecule has 0 aliphatic carbocycles. The van der Waals surface area contributed by atoms with Crippen LogP contribution < -0.4 is 71.9 Å². The normalized spacial score (nSPS) is 14.5. The number of methoxy groups -OCH3 is 4. The number of aryl methyl sites for hydroxylation is 2. The molecule has 0 N–H and O–H groups in total. The minimum atomic E-state index is -0.0939. The fourth-order valence-electron chi connectivity index (χ4n) is 8.11. The molecule has 13 heteroatoms. The Morgan fingerprint density at radius 1 is 0.750 bits per heavy atom. The third-order valence-electron chi connectivity index (χ3n) is 10.6. The maximum atomic E-state index is 5.96. The van der Waals surface area contributed by atoms with Gasteiger partial charge in [0.05, 0.1) is 39.4 Å². The Bertz CT molecular complexity index is 2530. The van der Waals surface area contributed by atoms with E-state index in [2.05, 4.69) is 76.0 Å². The first-order valence-corrected chi connectivity index (χ1v) is 18.4. The average Bonchev–Trinajstić information content (AvgIpc) is 3.90. The third-order valence-corrected chi connectivity index (χ3v) is 10.6. The summed E-state index contributed by atoms with van der Waals surface area (Å²) >= 11 is 0. The van der Waals surface area contributed by atoms with Gasteiger partial charge in [0.2, 0.25) is 19.3 Å². The van der Waals surface area contributed by atoms with Gasteiger partial charge in [0, 0.05) is 35.9 Å². The zero-order chi connectivity index (χ0) is 38.9. The Balaban J connectivity index is 0.000000235. The minimum Gasteiger partial charge on any atom is -1.00 e. The van der Waals surface area contributed by atoms with Gasteiger partial charge in [-0.05, 0) is 90.9 Å². The monoisotopic (exact) mass is 904 g/mol. The van der Waals surface area contributed by atoms with Gasteiger partial charge in [0.1, 0.15) is 6.04 Å². The Morgan fingerprint density at radius 2 is 1.32 bits per heavy atom. The molecule has 6 heterocycles. The summed E-state index contributed by atoms with van der Waals surface area (Å²) in [6, 6.07) is 18.6. The van der Waals surface area contributed by atoms with Crippen LogP contribution in [0.15, 0.2) is 60.8 Å². The molecule has 0 saturated carbocycles. The molecule has 0 spiro atoms. The number of nitrogens with zero attached hydrogens (tertiary/aromatic N) is 2. The van der Waals surface area contributed by atoms with Crippen LogP contribution in [-0.4, -0.2) is 76.5 Å². The zero-order valence-electron chi connectivity index (χ0n) is 33.8. The first-order valence-electron chi connectivity index (χ1n) is 18.4. The largest absolute Gasteiger partial charge is 2.00 e. The van der Waals surface area contributed by atoms with E-state index in [1.54, 1.807) is 35.4 Å². The van der Waals surface area contributed by atoms with Crippen molar-refractivity contribution in [2.45, 2.75) is 46.7 Å². The molecule has 0 fully saturated rings. The number of hydrogen-bond donors (Lipinski definition) is 0. The van der Waals surface area contributed by atoms with E-state index in [1.165, 1.54) is 27.9 Å². The van der Waals surface area contributed by atoms with Crippen molar-refractivity contribution in [3.05, 3.63) is 95.0 Å². The summed E-state index contributed by atoms with van der Waals surface area (Å²) in [7, 11) is 6.68. The molecule has 1 aromatic heterocycles. The van der Waals surface area contributed by atoms with E-state index in [0.717, 1.165) is 99.5 Å². The van der Waals surface area contributed by atoms with E-state index in [0.29, 0.717) is 6.79 Å². The second kappa shape index (κ2) is 20.4. The van der Waals surface area contributed by atoms with Gasteiger partial charge in [0.15, 0.2) is 58.7 Å². The second-order valence-electron chi connectivity index (χ2n) is 13.5. The van der Waals surface area contributed by atoms with E-state index < -0.39 is 0 Å². The summed E-state index contributed by atoms with van der Waals surface area (Å²) in [5, 5.41) is 2.17. The summed E-state index contributed by atoms with van der Waals surface area (Å²) in [4.78, 5) is 2.35. The van der Waals surface area contributed by atoms with Crippen LogP contribution in [0, 0.1) is 24.2 Å². The number of halogens is 2. The molecule has 5 aliphatic heterocycles. The smallest absolute Gasteiger partial charge is 1.00 e. The van der Waals surface area contributed by atoms with Gasteiger partial charge in [-0.2, -0.15) is 4.57 Å². The van der Waals surface area contributed by atoms with Crippen LogP contribution in [0.2, 0.25) is 0 Å². The second-order valence-corrected chi connectivity index (χ2v) is 13.5. The van der Waals surface area contributed by atoms with Crippen LogP contribution in [0.25, 0.3) is 33.8 Å². The summed E-state index contributed by atoms with van der Waals surface area (Å²) in [5.41, 5.74) is 9.45. The molecular weight excluding hydrogens is 860 g/mol. The number of hydrogen-bond acceptors (Lipinski definition) is 9. The standard InChI is InChI=1S/C23H21NO4.C20H18NO4.C3H3.CH4.BrH.ClH.Mg/c1-4-5-17-22-15(6-7-19(25-2)23(22)26-3)10-18-16-12-21-20(27-13-28-21)11-14(16)8-9-24(17)18;1-22-17-4-3-12-7-16-14-9-19-18(24-11-25-19)8-13(14)5-6-21(16)10-15(12)20(17)23-2;1-3-2;;;;/h6-7,10-12,17H,8-9,13H2,1-3H3;3-4,7-10H,5-6,11H2,1-2H3;1H3;1H4;2*1H;/q;+1;-1;;;;+2/p-2. The number of benzene rings is 4. The van der Waals surface area contributed by atoms with Gasteiger partial charge >= 0.3 is 23.1 Å². The minimum absolute atomic E-state index is 0. The molecule has 10 nitrogen and oxygen atoms in total. The summed E-state index contributed by atoms with van der Waals surface area (Å²) in [6.45, 7) is 5.79. The van der Waals surface area contributed by atoms with Crippen molar-refractivity contribution in [1.82, 2.24) is 4.90 Å². The van der Waals surface area contributed by atoms with E-state index >= 15 is 0 Å². The summed E-state index contributed by atoms with van der Waals surface area (Å²) in [5.74, 6) is 14.8. The molecule has 1 atom stereocenters. The first kappa shape index (κ1) is 47.6. The number of rotatable bonds is 4. The molecular formula is C47H46BrClMgN2O8. The molecule has 0 amide bonds. The fourth-order valence-corrected chi connectivity index (χ4v) is 8.11. The van der Waals surface area contributed by atoms with Gasteiger partial charge in [-0.15, -0.1) is 5.92 Å². The van der Waals surface area contributed by atoms with Gasteiger partial charge in [-0.25, -0.2) is 0 Å². The molecule has 10 rings (SSSR count). The van der Waals surface area contributed by atoms with Crippen molar-refractivity contribution in [3.8, 4) is 75.0 Å². The number of ether oxygens (including phenoxy) is 8. The molecule has 308 valence electrons. The van der Waals surface area contributed by atoms with Gasteiger partial charge in [-0.3, -0.25) is 0 Å². The number of pyridine rings is 1. The Kier molecular flexibility index (Phi) is 16.2. The molecule has 4 aromatic carbocycles. The summed E-state index contributed by atoms with van der Waals surface area (Å²) in [6.07, 6.45) is 12.2. The van der Waals surface area contributed by atoms with Crippen LogP contribution >= 0.6 is 0 Å². The molecule has 5 aliphatic rings. The Morgan fingerprint density at radius 3 is 1.92 bits per heavy atom. The Hall–Kier alpha value is -5.11. The van der Waals surface area contributed by atoms with Crippen molar-refractivity contribution in [3.63, 3.8) is 0 Å². The molecule has 0 bridgehead atoms. The predicted molar refractivity (Wildman–Crippen MR) is 224 cm³/mol. The SMILES string of the molecule is C.CC#CC1c2c(ccc(OC)c2OC)C=C2c3cc4c(cc3CCN21)OCO4.COc1ccc2cc3[n+](cc2c1OC)CCc1cc2c(cc1-3)OCO2.[Br-].[C-]#CC.[Cl-].[Mg+2]. The van der Waals surface area contributed by atoms with Crippen molar-refractivity contribution in [1.29, 1.82) is 0 Å². The first-order chi connectivity index (χ1) is 27.4. The predicted octanol–water partition coefficient (Wildman–Crippen LogP) is 1.82. The van der Waals surface area contributed by atoms with Crippen LogP contribution in [0.4, 0.5) is 0 Å². The number of aromatic nitrogens is 1. The molecule has 60 heavy (non-hydrogen) atoms. The zero-order valence-corrected chi connectivity index (χ0v) is 37.6. The summed E-state index contributed by atoms with van der Waals surface area (Å²) < 4.78 is 46.8. The topological polar surface area (TPSA) is 81.0 Å². The maximum absolute atomic E-state index is 5.96. The van der Waals surface area contributed by atoms with E-state index in [1.807, 2.05) is 25.0 Å². The van der Waals surface area contributed by atoms with Crippen molar-refractivity contribution >= 4 is 45.6 Å². The van der Waals surface area contributed by atoms with Crippen LogP contribution in [0.1, 0.15) is 55.1 Å². The van der Waals surface area contributed by atoms with Gasteiger partial charge in [0.25, 0.3) is 0 Å². The van der Waals surface area contributed by atoms with Crippen LogP contribution in [-0.2, 0) is 19.4 Å². The Labute approximate surface area is 385 Å². The van der Waals surface area contributed by atoms with Crippen molar-refractivity contribution < 1.29 is 71.9 Å². The molecule has 5 aromatic rings. The van der Waals surface area contributed by atoms with Gasteiger partial charge < -0.3 is 84.5 Å². The molecule has 0 radical (unpaired) electrons. The third kappa shape index (κ3) is 8.44. The maximum Gasteiger partial charge on any atom is 2.00 e. The quantitative estimate of drug-likeness (QED) is 0.116. The van der Waals surface area contributed by atoms with E-state index in [4.69, 9.17) is 44.3 Å². The fraction of sp³-hybridized carbons (Fsp3) is 0.298. The average molecular weight is 907 g/mol. The number of fused-ring (bicyclic) bond motifs is 10. The molecule has 1 unspecified atom stereocenters. The van der Waals surface area contributed by atoms with E-state index in [9.17, 15) is 0 Å². The van der Waals surface area contributed by atoms with E-state index in [-0.39, 0.29) is 72.7 Å². The van der Waals surface area contributed by atoms with Crippen LogP contribution in [0.5, 0.6) is 46.0 Å². The van der Waals surface area contributed by atoms with Crippen LogP contribution in [0.3, 0.4) is 0 Å². The van der Waals surface area contributed by atoms with Gasteiger partial charge in [-0.1, -0.05) is 19.4 Å². The molecule has 0 saturated heterocycles.